The van der Waals surface area contributed by atoms with E-state index in [1.807, 2.05) is 33.2 Å². The predicted molar refractivity (Wildman–Crippen MR) is 86.4 cm³/mol. The largest absolute Gasteiger partial charge is 0.356 e. The standard InChI is InChI=1S/C14H22N4O.C2H6/c1-3-11-9-16-14(17-10-11)18-7-5-12(6-8-18)13(19)15-4-2;1-2/h9-10,12H,3-8H2,1-2H3,(H,15,19);1-2H3. The van der Waals surface area contributed by atoms with Crippen molar-refractivity contribution in [3.63, 3.8) is 0 Å². The molecule has 5 heteroatoms. The summed E-state index contributed by atoms with van der Waals surface area (Å²) in [6.07, 6.45) is 6.49. The zero-order chi connectivity index (χ0) is 15.7. The molecule has 0 atom stereocenters. The number of aromatic nitrogens is 2. The molecule has 5 nitrogen and oxygen atoms in total. The van der Waals surface area contributed by atoms with Gasteiger partial charge in [-0.15, -0.1) is 0 Å². The van der Waals surface area contributed by atoms with Gasteiger partial charge < -0.3 is 10.2 Å². The van der Waals surface area contributed by atoms with Crippen LogP contribution in [0.25, 0.3) is 0 Å². The normalized spacial score (nSPS) is 15.1. The van der Waals surface area contributed by atoms with Crippen LogP contribution < -0.4 is 10.2 Å². The van der Waals surface area contributed by atoms with E-state index in [9.17, 15) is 4.79 Å². The molecule has 2 rings (SSSR count). The molecule has 0 spiro atoms. The monoisotopic (exact) mass is 292 g/mol. The van der Waals surface area contributed by atoms with E-state index in [4.69, 9.17) is 0 Å². The van der Waals surface area contributed by atoms with E-state index in [1.165, 1.54) is 0 Å². The van der Waals surface area contributed by atoms with Crippen LogP contribution in [0.15, 0.2) is 12.4 Å². The maximum atomic E-state index is 11.8. The first-order chi connectivity index (χ1) is 10.2. The molecule has 0 radical (unpaired) electrons. The fourth-order valence-corrected chi connectivity index (χ4v) is 2.35. The van der Waals surface area contributed by atoms with E-state index < -0.39 is 0 Å². The van der Waals surface area contributed by atoms with E-state index in [2.05, 4.69) is 27.1 Å². The molecule has 0 unspecified atom stereocenters. The average Bonchev–Trinajstić information content (AvgIpc) is 2.57. The molecular formula is C16H28N4O. The summed E-state index contributed by atoms with van der Waals surface area (Å²) >= 11 is 0. The number of carbonyl (C=O) groups excluding carboxylic acids is 1. The molecule has 0 saturated carbocycles. The Kier molecular flexibility index (Phi) is 7.72. The molecule has 21 heavy (non-hydrogen) atoms. The summed E-state index contributed by atoms with van der Waals surface area (Å²) in [4.78, 5) is 22.7. The average molecular weight is 292 g/mol. The smallest absolute Gasteiger partial charge is 0.225 e. The zero-order valence-corrected chi connectivity index (χ0v) is 13.7. The summed E-state index contributed by atoms with van der Waals surface area (Å²) in [7, 11) is 0. The Morgan fingerprint density at radius 1 is 1.24 bits per heavy atom. The summed E-state index contributed by atoms with van der Waals surface area (Å²) in [6, 6.07) is 0. The van der Waals surface area contributed by atoms with Crippen molar-refractivity contribution < 1.29 is 4.79 Å². The minimum Gasteiger partial charge on any atom is -0.356 e. The molecule has 0 aliphatic carbocycles. The molecule has 0 bridgehead atoms. The summed E-state index contributed by atoms with van der Waals surface area (Å²) < 4.78 is 0. The van der Waals surface area contributed by atoms with E-state index in [-0.39, 0.29) is 11.8 Å². The lowest BCUT2D eigenvalue weighted by molar-refractivity contribution is -0.125. The molecule has 1 saturated heterocycles. The molecule has 1 aliphatic heterocycles. The first-order valence-corrected chi connectivity index (χ1v) is 8.08. The Labute approximate surface area is 128 Å². The van der Waals surface area contributed by atoms with Gasteiger partial charge in [-0.25, -0.2) is 9.97 Å². The summed E-state index contributed by atoms with van der Waals surface area (Å²) in [5.41, 5.74) is 1.15. The molecule has 0 aromatic carbocycles. The van der Waals surface area contributed by atoms with Crippen LogP contribution in [-0.2, 0) is 11.2 Å². The van der Waals surface area contributed by atoms with Gasteiger partial charge in [0.1, 0.15) is 0 Å². The van der Waals surface area contributed by atoms with Crippen molar-refractivity contribution in [3.8, 4) is 0 Å². The molecule has 1 fully saturated rings. The molecule has 2 heterocycles. The van der Waals surface area contributed by atoms with Crippen LogP contribution in [0.5, 0.6) is 0 Å². The second-order valence-corrected chi connectivity index (χ2v) is 4.90. The quantitative estimate of drug-likeness (QED) is 0.926. The fraction of sp³-hybridized carbons (Fsp3) is 0.688. The number of rotatable bonds is 4. The molecule has 1 aromatic rings. The van der Waals surface area contributed by atoms with Crippen LogP contribution in [0, 0.1) is 5.92 Å². The van der Waals surface area contributed by atoms with Gasteiger partial charge in [0.15, 0.2) is 0 Å². The first-order valence-electron chi connectivity index (χ1n) is 8.08. The highest BCUT2D eigenvalue weighted by Gasteiger charge is 2.25. The van der Waals surface area contributed by atoms with E-state index in [0.717, 1.165) is 43.9 Å². The van der Waals surface area contributed by atoms with Gasteiger partial charge >= 0.3 is 0 Å². The highest BCUT2D eigenvalue weighted by Crippen LogP contribution is 2.20. The van der Waals surface area contributed by atoms with Crippen molar-refractivity contribution in [2.75, 3.05) is 24.5 Å². The number of anilines is 1. The molecule has 1 aromatic heterocycles. The lowest BCUT2D eigenvalue weighted by atomic mass is 9.96. The number of nitrogens with one attached hydrogen (secondary N) is 1. The van der Waals surface area contributed by atoms with Gasteiger partial charge in [-0.1, -0.05) is 20.8 Å². The number of amides is 1. The van der Waals surface area contributed by atoms with Crippen LogP contribution in [0.2, 0.25) is 0 Å². The highest BCUT2D eigenvalue weighted by molar-refractivity contribution is 5.78. The van der Waals surface area contributed by atoms with Crippen LogP contribution in [0.1, 0.15) is 46.1 Å². The van der Waals surface area contributed by atoms with Gasteiger partial charge in [-0.2, -0.15) is 0 Å². The highest BCUT2D eigenvalue weighted by atomic mass is 16.1. The number of hydrogen-bond acceptors (Lipinski definition) is 4. The number of aryl methyl sites for hydroxylation is 1. The van der Waals surface area contributed by atoms with Crippen molar-refractivity contribution in [1.82, 2.24) is 15.3 Å². The maximum absolute atomic E-state index is 11.8. The van der Waals surface area contributed by atoms with Crippen molar-refractivity contribution in [3.05, 3.63) is 18.0 Å². The van der Waals surface area contributed by atoms with Gasteiger partial charge in [-0.3, -0.25) is 4.79 Å². The third-order valence-electron chi connectivity index (χ3n) is 3.60. The van der Waals surface area contributed by atoms with Gasteiger partial charge in [0, 0.05) is 37.9 Å². The fourth-order valence-electron chi connectivity index (χ4n) is 2.35. The number of piperidine rings is 1. The lowest BCUT2D eigenvalue weighted by Gasteiger charge is -2.31. The van der Waals surface area contributed by atoms with Gasteiger partial charge in [-0.05, 0) is 31.7 Å². The van der Waals surface area contributed by atoms with Crippen molar-refractivity contribution in [2.45, 2.75) is 47.0 Å². The topological polar surface area (TPSA) is 58.1 Å². The Bertz CT molecular complexity index is 411. The Balaban J connectivity index is 0.00000106. The van der Waals surface area contributed by atoms with Crippen LogP contribution >= 0.6 is 0 Å². The van der Waals surface area contributed by atoms with Crippen LogP contribution in [0.4, 0.5) is 5.95 Å². The maximum Gasteiger partial charge on any atom is 0.225 e. The van der Waals surface area contributed by atoms with E-state index in [1.54, 1.807) is 0 Å². The second-order valence-electron chi connectivity index (χ2n) is 4.90. The first kappa shape index (κ1) is 17.4. The Morgan fingerprint density at radius 3 is 2.29 bits per heavy atom. The third kappa shape index (κ3) is 4.99. The SMILES string of the molecule is CC.CCNC(=O)C1CCN(c2ncc(CC)cn2)CC1. The minimum absolute atomic E-state index is 0.145. The molecule has 1 amide bonds. The molecular weight excluding hydrogens is 264 g/mol. The van der Waals surface area contributed by atoms with Gasteiger partial charge in [0.2, 0.25) is 11.9 Å². The van der Waals surface area contributed by atoms with Crippen molar-refractivity contribution in [1.29, 1.82) is 0 Å². The van der Waals surface area contributed by atoms with Crippen LogP contribution in [-0.4, -0.2) is 35.5 Å². The summed E-state index contributed by atoms with van der Waals surface area (Å²) in [5, 5.41) is 2.90. The Hall–Kier alpha value is -1.65. The van der Waals surface area contributed by atoms with E-state index >= 15 is 0 Å². The molecule has 1 N–H and O–H groups in total. The van der Waals surface area contributed by atoms with E-state index in [0.29, 0.717) is 6.54 Å². The van der Waals surface area contributed by atoms with Crippen molar-refractivity contribution >= 4 is 11.9 Å². The van der Waals surface area contributed by atoms with Gasteiger partial charge in [0.05, 0.1) is 0 Å². The van der Waals surface area contributed by atoms with Crippen LogP contribution in [0.3, 0.4) is 0 Å². The van der Waals surface area contributed by atoms with Gasteiger partial charge in [0.25, 0.3) is 0 Å². The molecule has 118 valence electrons. The Morgan fingerprint density at radius 2 is 1.81 bits per heavy atom. The number of hydrogen-bond donors (Lipinski definition) is 1. The predicted octanol–water partition coefficient (Wildman–Crippen LogP) is 2.42. The zero-order valence-electron chi connectivity index (χ0n) is 13.7. The lowest BCUT2D eigenvalue weighted by Crippen LogP contribution is -2.41. The van der Waals surface area contributed by atoms with Crippen molar-refractivity contribution in [2.24, 2.45) is 5.92 Å². The second kappa shape index (κ2) is 9.32. The third-order valence-corrected chi connectivity index (χ3v) is 3.60. The number of nitrogens with zero attached hydrogens (tertiary/aromatic N) is 3. The minimum atomic E-state index is 0.145. The summed E-state index contributed by atoms with van der Waals surface area (Å²) in [5.74, 6) is 1.11. The summed E-state index contributed by atoms with van der Waals surface area (Å²) in [6.45, 7) is 10.5. The number of carbonyl (C=O) groups is 1. The molecule has 1 aliphatic rings.